The predicted octanol–water partition coefficient (Wildman–Crippen LogP) is 2.42. The molecule has 0 unspecified atom stereocenters. The van der Waals surface area contributed by atoms with Gasteiger partial charge in [0.25, 0.3) is 0 Å². The number of hydrogen-bond donors (Lipinski definition) is 1. The fraction of sp³-hybridized carbons (Fsp3) is 0.0909. The van der Waals surface area contributed by atoms with Crippen LogP contribution in [0.3, 0.4) is 0 Å². The molecule has 0 saturated heterocycles. The molecule has 2 aromatic rings. The van der Waals surface area contributed by atoms with Crippen molar-refractivity contribution >= 4 is 32.8 Å². The van der Waals surface area contributed by atoms with E-state index in [2.05, 4.69) is 20.9 Å². The Balaban J connectivity index is 2.39. The second-order valence-electron chi connectivity index (χ2n) is 3.51. The van der Waals surface area contributed by atoms with Gasteiger partial charge in [0.15, 0.2) is 11.5 Å². The second kappa shape index (κ2) is 3.59. The second-order valence-corrected chi connectivity index (χ2v) is 4.36. The Labute approximate surface area is 104 Å². The van der Waals surface area contributed by atoms with E-state index in [1.807, 2.05) is 0 Å². The smallest absolute Gasteiger partial charge is 0.337 e. The van der Waals surface area contributed by atoms with E-state index >= 15 is 0 Å². The van der Waals surface area contributed by atoms with Crippen molar-refractivity contribution < 1.29 is 19.4 Å². The van der Waals surface area contributed by atoms with E-state index < -0.39 is 5.97 Å². The van der Waals surface area contributed by atoms with E-state index in [1.54, 1.807) is 12.1 Å². The summed E-state index contributed by atoms with van der Waals surface area (Å²) in [5.41, 5.74) is 0.739. The third-order valence-electron chi connectivity index (χ3n) is 2.53. The van der Waals surface area contributed by atoms with Crippen LogP contribution in [0.1, 0.15) is 10.4 Å². The van der Waals surface area contributed by atoms with Crippen LogP contribution in [0.25, 0.3) is 10.9 Å². The van der Waals surface area contributed by atoms with E-state index in [-0.39, 0.29) is 12.4 Å². The molecule has 2 heterocycles. The van der Waals surface area contributed by atoms with Gasteiger partial charge in [0.2, 0.25) is 6.79 Å². The first-order chi connectivity index (χ1) is 8.16. The zero-order valence-corrected chi connectivity index (χ0v) is 10.0. The molecular weight excluding hydrogens is 290 g/mol. The number of fused-ring (bicyclic) bond motifs is 2. The molecule has 3 rings (SSSR count). The molecule has 1 aliphatic heterocycles. The summed E-state index contributed by atoms with van der Waals surface area (Å²) in [5.74, 6) is 0.117. The topological polar surface area (TPSA) is 68.7 Å². The van der Waals surface area contributed by atoms with Crippen LogP contribution in [0.2, 0.25) is 0 Å². The van der Waals surface area contributed by atoms with Gasteiger partial charge in [-0.25, -0.2) is 4.79 Å². The SMILES string of the molecule is O=C(O)c1c(Br)cnc2cc3c(cc12)OCO3. The van der Waals surface area contributed by atoms with Gasteiger partial charge in [-0.15, -0.1) is 0 Å². The van der Waals surface area contributed by atoms with E-state index in [9.17, 15) is 9.90 Å². The Hall–Kier alpha value is -1.82. The number of nitrogens with zero attached hydrogens (tertiary/aromatic N) is 1. The lowest BCUT2D eigenvalue weighted by Gasteiger charge is -2.05. The Morgan fingerprint density at radius 3 is 2.76 bits per heavy atom. The van der Waals surface area contributed by atoms with Crippen LogP contribution in [0.5, 0.6) is 11.5 Å². The number of rotatable bonds is 1. The molecule has 1 N–H and O–H groups in total. The number of carboxylic acid groups (broad SMARTS) is 1. The van der Waals surface area contributed by atoms with E-state index in [0.29, 0.717) is 26.9 Å². The first kappa shape index (κ1) is 10.3. The Bertz CT molecular complexity index is 641. The van der Waals surface area contributed by atoms with E-state index in [4.69, 9.17) is 9.47 Å². The number of aromatic nitrogens is 1. The monoisotopic (exact) mass is 295 g/mol. The van der Waals surface area contributed by atoms with Crippen molar-refractivity contribution in [2.45, 2.75) is 0 Å². The van der Waals surface area contributed by atoms with Crippen LogP contribution in [0.15, 0.2) is 22.8 Å². The summed E-state index contributed by atoms with van der Waals surface area (Å²) in [6, 6.07) is 3.31. The highest BCUT2D eigenvalue weighted by Crippen LogP contribution is 2.37. The molecule has 0 aliphatic carbocycles. The highest BCUT2D eigenvalue weighted by molar-refractivity contribution is 9.10. The van der Waals surface area contributed by atoms with Gasteiger partial charge in [-0.3, -0.25) is 4.98 Å². The summed E-state index contributed by atoms with van der Waals surface area (Å²) in [6.07, 6.45) is 1.47. The average molecular weight is 296 g/mol. The number of halogens is 1. The van der Waals surface area contributed by atoms with Gasteiger partial charge in [0.05, 0.1) is 15.6 Å². The molecule has 0 amide bonds. The summed E-state index contributed by atoms with van der Waals surface area (Å²) in [7, 11) is 0. The third kappa shape index (κ3) is 1.52. The van der Waals surface area contributed by atoms with Crippen molar-refractivity contribution in [3.8, 4) is 11.5 Å². The first-order valence-electron chi connectivity index (χ1n) is 4.78. The number of hydrogen-bond acceptors (Lipinski definition) is 4. The zero-order valence-electron chi connectivity index (χ0n) is 8.44. The first-order valence-corrected chi connectivity index (χ1v) is 5.57. The Morgan fingerprint density at radius 2 is 2.06 bits per heavy atom. The lowest BCUT2D eigenvalue weighted by Crippen LogP contribution is -2.00. The molecule has 6 heteroatoms. The Morgan fingerprint density at radius 1 is 1.35 bits per heavy atom. The van der Waals surface area contributed by atoms with Crippen LogP contribution >= 0.6 is 15.9 Å². The molecule has 0 saturated carbocycles. The fourth-order valence-corrected chi connectivity index (χ4v) is 2.26. The molecule has 0 radical (unpaired) electrons. The molecule has 1 aliphatic rings. The van der Waals surface area contributed by atoms with Crippen LogP contribution in [0.4, 0.5) is 0 Å². The fourth-order valence-electron chi connectivity index (χ4n) is 1.78. The molecule has 5 nitrogen and oxygen atoms in total. The maximum Gasteiger partial charge on any atom is 0.337 e. The maximum absolute atomic E-state index is 11.2. The van der Waals surface area contributed by atoms with Gasteiger partial charge >= 0.3 is 5.97 Å². The number of carbonyl (C=O) groups is 1. The lowest BCUT2D eigenvalue weighted by molar-refractivity contribution is 0.0698. The molecule has 17 heavy (non-hydrogen) atoms. The third-order valence-corrected chi connectivity index (χ3v) is 3.13. The molecule has 0 spiro atoms. The molecule has 0 atom stereocenters. The van der Waals surface area contributed by atoms with Crippen molar-refractivity contribution in [2.24, 2.45) is 0 Å². The predicted molar refractivity (Wildman–Crippen MR) is 62.5 cm³/mol. The largest absolute Gasteiger partial charge is 0.478 e. The number of ether oxygens (including phenoxy) is 2. The molecular formula is C11H6BrNO4. The van der Waals surface area contributed by atoms with Gasteiger partial charge in [-0.1, -0.05) is 0 Å². The van der Waals surface area contributed by atoms with Crippen molar-refractivity contribution in [1.29, 1.82) is 0 Å². The summed E-state index contributed by atoms with van der Waals surface area (Å²) in [4.78, 5) is 15.4. The minimum absolute atomic E-state index is 0.148. The molecule has 1 aromatic carbocycles. The Kier molecular flexibility index (Phi) is 2.19. The van der Waals surface area contributed by atoms with Crippen LogP contribution in [-0.4, -0.2) is 22.9 Å². The summed E-state index contributed by atoms with van der Waals surface area (Å²) < 4.78 is 10.9. The summed E-state index contributed by atoms with van der Waals surface area (Å²) in [6.45, 7) is 0.148. The minimum atomic E-state index is -1.01. The van der Waals surface area contributed by atoms with Crippen LogP contribution in [-0.2, 0) is 0 Å². The molecule has 86 valence electrons. The summed E-state index contributed by atoms with van der Waals surface area (Å²) in [5, 5.41) is 9.71. The maximum atomic E-state index is 11.2. The molecule has 0 bridgehead atoms. The number of pyridine rings is 1. The highest BCUT2D eigenvalue weighted by Gasteiger charge is 2.20. The summed E-state index contributed by atoms with van der Waals surface area (Å²) >= 11 is 3.18. The van der Waals surface area contributed by atoms with E-state index in [1.165, 1.54) is 6.20 Å². The normalized spacial score (nSPS) is 13.0. The number of carboxylic acids is 1. The standard InChI is InChI=1S/C11H6BrNO4/c12-6-3-13-7-2-9-8(16-4-17-9)1-5(7)10(6)11(14)15/h1-3H,4H2,(H,14,15). The molecule has 0 fully saturated rings. The van der Waals surface area contributed by atoms with Crippen LogP contribution < -0.4 is 9.47 Å². The van der Waals surface area contributed by atoms with Gasteiger partial charge in [-0.2, -0.15) is 0 Å². The quantitative estimate of drug-likeness (QED) is 0.875. The minimum Gasteiger partial charge on any atom is -0.478 e. The lowest BCUT2D eigenvalue weighted by atomic mass is 10.1. The van der Waals surface area contributed by atoms with Crippen molar-refractivity contribution in [1.82, 2.24) is 4.98 Å². The average Bonchev–Trinajstić information content (AvgIpc) is 2.72. The number of benzene rings is 1. The van der Waals surface area contributed by atoms with Crippen LogP contribution in [0, 0.1) is 0 Å². The van der Waals surface area contributed by atoms with Crippen molar-refractivity contribution in [3.63, 3.8) is 0 Å². The highest BCUT2D eigenvalue weighted by atomic mass is 79.9. The van der Waals surface area contributed by atoms with Crippen molar-refractivity contribution in [2.75, 3.05) is 6.79 Å². The number of aromatic carboxylic acids is 1. The van der Waals surface area contributed by atoms with Gasteiger partial charge in [-0.05, 0) is 22.0 Å². The van der Waals surface area contributed by atoms with Gasteiger partial charge in [0, 0.05) is 17.6 Å². The van der Waals surface area contributed by atoms with E-state index in [0.717, 1.165) is 0 Å². The van der Waals surface area contributed by atoms with Gasteiger partial charge < -0.3 is 14.6 Å². The van der Waals surface area contributed by atoms with Gasteiger partial charge in [0.1, 0.15) is 0 Å². The zero-order chi connectivity index (χ0) is 12.0. The molecule has 1 aromatic heterocycles. The van der Waals surface area contributed by atoms with Crippen molar-refractivity contribution in [3.05, 3.63) is 28.4 Å².